The number of carbonyl (C=O) groups excluding carboxylic acids is 2. The summed E-state index contributed by atoms with van der Waals surface area (Å²) in [6.07, 6.45) is 1.63. The third-order valence-electron chi connectivity index (χ3n) is 6.38. The Bertz CT molecular complexity index is 1460. The smallest absolute Gasteiger partial charge is 0.410 e. The number of rotatable bonds is 5. The summed E-state index contributed by atoms with van der Waals surface area (Å²) >= 11 is 6.09. The van der Waals surface area contributed by atoms with Gasteiger partial charge < -0.3 is 14.5 Å². The van der Waals surface area contributed by atoms with Crippen molar-refractivity contribution >= 4 is 50.0 Å². The fourth-order valence-corrected chi connectivity index (χ4v) is 5.59. The van der Waals surface area contributed by atoms with E-state index in [1.54, 1.807) is 29.2 Å². The zero-order chi connectivity index (χ0) is 27.7. The molecule has 1 aliphatic rings. The van der Waals surface area contributed by atoms with E-state index >= 15 is 0 Å². The summed E-state index contributed by atoms with van der Waals surface area (Å²) in [4.78, 5) is 34.1. The number of sulfone groups is 1. The van der Waals surface area contributed by atoms with Crippen LogP contribution in [0.3, 0.4) is 0 Å². The van der Waals surface area contributed by atoms with E-state index in [0.29, 0.717) is 42.3 Å². The van der Waals surface area contributed by atoms with Crippen LogP contribution in [0.2, 0.25) is 5.15 Å². The molecule has 3 aromatic rings. The van der Waals surface area contributed by atoms with Gasteiger partial charge in [-0.05, 0) is 69.5 Å². The Kier molecular flexibility index (Phi) is 7.99. The van der Waals surface area contributed by atoms with E-state index in [2.05, 4.69) is 4.98 Å². The molecule has 0 aliphatic carbocycles. The molecule has 8 nitrogen and oxygen atoms in total. The van der Waals surface area contributed by atoms with Crippen LogP contribution in [-0.4, -0.2) is 55.2 Å². The minimum absolute atomic E-state index is 0.0847. The second-order valence-corrected chi connectivity index (χ2v) is 12.9. The van der Waals surface area contributed by atoms with Crippen molar-refractivity contribution in [2.24, 2.45) is 5.92 Å². The number of ether oxygens (including phenoxy) is 1. The van der Waals surface area contributed by atoms with Crippen LogP contribution < -0.4 is 4.90 Å². The van der Waals surface area contributed by atoms with E-state index < -0.39 is 21.5 Å². The molecular weight excluding hydrogens is 526 g/mol. The Balaban J connectivity index is 1.63. The highest BCUT2D eigenvalue weighted by Crippen LogP contribution is 2.31. The number of nitrogens with zero attached hydrogens (tertiary/aromatic N) is 3. The molecule has 0 atom stereocenters. The number of hydrogen-bond donors (Lipinski definition) is 0. The van der Waals surface area contributed by atoms with Crippen LogP contribution in [0.15, 0.2) is 59.5 Å². The predicted molar refractivity (Wildman–Crippen MR) is 148 cm³/mol. The molecule has 2 amide bonds. The van der Waals surface area contributed by atoms with E-state index in [1.165, 1.54) is 11.0 Å². The largest absolute Gasteiger partial charge is 0.444 e. The van der Waals surface area contributed by atoms with Crippen molar-refractivity contribution in [1.82, 2.24) is 9.88 Å². The molecule has 0 N–H and O–H groups in total. The number of amides is 2. The van der Waals surface area contributed by atoms with E-state index in [0.717, 1.165) is 17.2 Å². The molecule has 0 unspecified atom stereocenters. The van der Waals surface area contributed by atoms with Gasteiger partial charge in [-0.1, -0.05) is 35.9 Å². The lowest BCUT2D eigenvalue weighted by Crippen LogP contribution is -2.46. The van der Waals surface area contributed by atoms with Crippen LogP contribution in [-0.2, 0) is 25.9 Å². The lowest BCUT2D eigenvalue weighted by Gasteiger charge is -2.35. The quantitative estimate of drug-likeness (QED) is 0.386. The van der Waals surface area contributed by atoms with Crippen molar-refractivity contribution in [1.29, 1.82) is 0 Å². The van der Waals surface area contributed by atoms with Gasteiger partial charge in [0, 0.05) is 30.6 Å². The first-order valence-electron chi connectivity index (χ1n) is 12.5. The lowest BCUT2D eigenvalue weighted by molar-refractivity contribution is -0.124. The first-order valence-corrected chi connectivity index (χ1v) is 14.7. The molecule has 2 heterocycles. The van der Waals surface area contributed by atoms with Crippen molar-refractivity contribution in [3.63, 3.8) is 0 Å². The van der Waals surface area contributed by atoms with Gasteiger partial charge in [0.1, 0.15) is 10.8 Å². The summed E-state index contributed by atoms with van der Waals surface area (Å²) in [5.41, 5.74) is 1.20. The van der Waals surface area contributed by atoms with Crippen LogP contribution >= 0.6 is 11.6 Å². The highest BCUT2D eigenvalue weighted by Gasteiger charge is 2.34. The van der Waals surface area contributed by atoms with Gasteiger partial charge in [0.05, 0.1) is 22.6 Å². The molecule has 1 fully saturated rings. The number of carbonyl (C=O) groups is 2. The van der Waals surface area contributed by atoms with E-state index in [1.807, 2.05) is 45.0 Å². The first kappa shape index (κ1) is 27.9. The Hall–Kier alpha value is -3.17. The molecule has 0 spiro atoms. The molecule has 1 aliphatic heterocycles. The number of para-hydroxylation sites is 1. The van der Waals surface area contributed by atoms with Gasteiger partial charge in [0.15, 0.2) is 9.84 Å². The summed E-state index contributed by atoms with van der Waals surface area (Å²) in [6.45, 7) is 6.36. The van der Waals surface area contributed by atoms with Gasteiger partial charge in [0.2, 0.25) is 5.91 Å². The molecule has 0 radical (unpaired) electrons. The van der Waals surface area contributed by atoms with Crippen LogP contribution in [0.5, 0.6) is 0 Å². The normalized spacial score (nSPS) is 14.9. The van der Waals surface area contributed by atoms with Crippen molar-refractivity contribution in [2.75, 3.05) is 24.2 Å². The summed E-state index contributed by atoms with van der Waals surface area (Å²) in [5, 5.41) is 1.27. The molecule has 202 valence electrons. The Morgan fingerprint density at radius 1 is 1.08 bits per heavy atom. The fourth-order valence-electron chi connectivity index (χ4n) is 4.55. The number of likely N-dealkylation sites (tertiary alicyclic amines) is 1. The van der Waals surface area contributed by atoms with Gasteiger partial charge in [0.25, 0.3) is 0 Å². The maximum Gasteiger partial charge on any atom is 0.410 e. The van der Waals surface area contributed by atoms with Gasteiger partial charge in [-0.3, -0.25) is 4.79 Å². The number of piperidine rings is 1. The number of benzene rings is 2. The van der Waals surface area contributed by atoms with Crippen LogP contribution in [0, 0.1) is 5.92 Å². The van der Waals surface area contributed by atoms with Crippen LogP contribution in [0.4, 0.5) is 10.5 Å². The fraction of sp³-hybridized carbons (Fsp3) is 0.393. The minimum Gasteiger partial charge on any atom is -0.444 e. The number of pyridine rings is 1. The Labute approximate surface area is 228 Å². The highest BCUT2D eigenvalue weighted by atomic mass is 35.5. The van der Waals surface area contributed by atoms with Crippen LogP contribution in [0.1, 0.15) is 39.2 Å². The van der Waals surface area contributed by atoms with E-state index in [4.69, 9.17) is 16.3 Å². The molecule has 0 bridgehead atoms. The molecule has 2 aromatic carbocycles. The number of aromatic nitrogens is 1. The number of hydrogen-bond acceptors (Lipinski definition) is 6. The second-order valence-electron chi connectivity index (χ2n) is 10.6. The average molecular weight is 558 g/mol. The average Bonchev–Trinajstić information content (AvgIpc) is 2.85. The van der Waals surface area contributed by atoms with Crippen molar-refractivity contribution < 1.29 is 22.7 Å². The minimum atomic E-state index is -3.61. The second kappa shape index (κ2) is 10.9. The SMILES string of the molecule is CC(C)(C)OC(=O)N1CCC(C(=O)N(Cc2ccc3ccc(Cl)nc3c2)c2ccccc2S(C)(=O)=O)CC1. The van der Waals surface area contributed by atoms with E-state index in [-0.39, 0.29) is 23.3 Å². The molecule has 1 saturated heterocycles. The molecule has 0 saturated carbocycles. The number of halogens is 1. The maximum absolute atomic E-state index is 14.0. The molecule has 10 heteroatoms. The molecule has 4 rings (SSSR count). The third kappa shape index (κ3) is 6.63. The highest BCUT2D eigenvalue weighted by molar-refractivity contribution is 7.90. The monoisotopic (exact) mass is 557 g/mol. The summed E-state index contributed by atoms with van der Waals surface area (Å²) in [5.74, 6) is -0.571. The Morgan fingerprint density at radius 3 is 2.39 bits per heavy atom. The van der Waals surface area contributed by atoms with Gasteiger partial charge >= 0.3 is 6.09 Å². The van der Waals surface area contributed by atoms with Gasteiger partial charge in [-0.15, -0.1) is 0 Å². The van der Waals surface area contributed by atoms with Gasteiger partial charge in [-0.2, -0.15) is 0 Å². The number of anilines is 1. The molecule has 38 heavy (non-hydrogen) atoms. The van der Waals surface area contributed by atoms with Crippen molar-refractivity contribution in [2.45, 2.75) is 50.7 Å². The summed E-state index contributed by atoms with van der Waals surface area (Å²) < 4.78 is 30.7. The maximum atomic E-state index is 14.0. The summed E-state index contributed by atoms with van der Waals surface area (Å²) in [7, 11) is -3.61. The van der Waals surface area contributed by atoms with Crippen LogP contribution in [0.25, 0.3) is 10.9 Å². The topological polar surface area (TPSA) is 96.9 Å². The zero-order valence-electron chi connectivity index (χ0n) is 22.0. The first-order chi connectivity index (χ1) is 17.8. The number of fused-ring (bicyclic) bond motifs is 1. The molecule has 1 aromatic heterocycles. The van der Waals surface area contributed by atoms with Crippen molar-refractivity contribution in [3.05, 3.63) is 65.3 Å². The zero-order valence-corrected chi connectivity index (χ0v) is 23.6. The summed E-state index contributed by atoms with van der Waals surface area (Å²) in [6, 6.07) is 15.8. The van der Waals surface area contributed by atoms with Gasteiger partial charge in [-0.25, -0.2) is 18.2 Å². The van der Waals surface area contributed by atoms with E-state index in [9.17, 15) is 18.0 Å². The Morgan fingerprint density at radius 2 is 1.74 bits per heavy atom. The lowest BCUT2D eigenvalue weighted by atomic mass is 9.95. The van der Waals surface area contributed by atoms with Crippen molar-refractivity contribution in [3.8, 4) is 0 Å². The standard InChI is InChI=1S/C28H32ClN3O5S/c1-28(2,3)37-27(34)31-15-13-21(14-16-31)26(33)32(23-7-5-6-8-24(23)38(4,35)36)18-19-9-10-20-11-12-25(29)30-22(20)17-19/h5-12,17,21H,13-16,18H2,1-4H3. The third-order valence-corrected chi connectivity index (χ3v) is 7.74. The predicted octanol–water partition coefficient (Wildman–Crippen LogP) is 5.47. The molecular formula is C28H32ClN3O5S.